The van der Waals surface area contributed by atoms with Gasteiger partial charge in [-0.05, 0) is 56.8 Å². The maximum absolute atomic E-state index is 14.4. The lowest BCUT2D eigenvalue weighted by molar-refractivity contribution is -0.129. The van der Waals surface area contributed by atoms with Crippen LogP contribution in [0.5, 0.6) is 0 Å². The Kier molecular flexibility index (Phi) is 8.53. The molecule has 3 aliphatic rings. The maximum atomic E-state index is 14.4. The number of carbonyl (C=O) groups excluding carboxylic acids is 1. The van der Waals surface area contributed by atoms with Crippen molar-refractivity contribution in [2.24, 2.45) is 0 Å². The molecule has 1 atom stereocenters. The molecule has 1 saturated carbocycles. The highest BCUT2D eigenvalue weighted by molar-refractivity contribution is 6.31. The zero-order valence-electron chi connectivity index (χ0n) is 22.2. The summed E-state index contributed by atoms with van der Waals surface area (Å²) in [5.74, 6) is -0.445. The number of rotatable bonds is 7. The van der Waals surface area contributed by atoms with Gasteiger partial charge in [-0.15, -0.1) is 0 Å². The van der Waals surface area contributed by atoms with Crippen molar-refractivity contribution in [3.63, 3.8) is 0 Å². The van der Waals surface area contributed by atoms with E-state index in [9.17, 15) is 9.18 Å². The molecule has 2 heterocycles. The van der Waals surface area contributed by atoms with E-state index in [-0.39, 0.29) is 17.7 Å². The summed E-state index contributed by atoms with van der Waals surface area (Å²) >= 11 is 6.22. The molecule has 6 heteroatoms. The van der Waals surface area contributed by atoms with Crippen LogP contribution in [0.25, 0.3) is 0 Å². The molecular weight excluding hydrogens is 485 g/mol. The lowest BCUT2D eigenvalue weighted by Crippen LogP contribution is -2.51. The van der Waals surface area contributed by atoms with Crippen LogP contribution in [-0.4, -0.2) is 72.5 Å². The van der Waals surface area contributed by atoms with Gasteiger partial charge in [0.2, 0.25) is 5.91 Å². The van der Waals surface area contributed by atoms with Gasteiger partial charge in [-0.1, -0.05) is 66.8 Å². The molecule has 0 radical (unpaired) electrons. The number of likely N-dealkylation sites (tertiary alicyclic amines) is 1. The van der Waals surface area contributed by atoms with Crippen molar-refractivity contribution in [1.82, 2.24) is 14.7 Å². The van der Waals surface area contributed by atoms with Crippen molar-refractivity contribution >= 4 is 17.5 Å². The van der Waals surface area contributed by atoms with E-state index >= 15 is 0 Å². The quantitative estimate of drug-likeness (QED) is 0.454. The number of hydrogen-bond donors (Lipinski definition) is 0. The second-order valence-corrected chi connectivity index (χ2v) is 11.9. The molecule has 0 bridgehead atoms. The summed E-state index contributed by atoms with van der Waals surface area (Å²) < 4.78 is 14.4. The molecule has 1 amide bonds. The Morgan fingerprint density at radius 3 is 2.43 bits per heavy atom. The predicted octanol–water partition coefficient (Wildman–Crippen LogP) is 5.84. The number of amides is 1. The van der Waals surface area contributed by atoms with Gasteiger partial charge in [0.1, 0.15) is 5.82 Å². The first-order valence-corrected chi connectivity index (χ1v) is 14.6. The van der Waals surface area contributed by atoms with Crippen LogP contribution in [0.4, 0.5) is 4.39 Å². The normalized spacial score (nSPS) is 24.0. The van der Waals surface area contributed by atoms with E-state index in [1.807, 2.05) is 4.90 Å². The second kappa shape index (κ2) is 11.8. The fourth-order valence-electron chi connectivity index (χ4n) is 6.71. The maximum Gasteiger partial charge on any atom is 0.227 e. The van der Waals surface area contributed by atoms with Gasteiger partial charge in [0.05, 0.1) is 6.42 Å². The van der Waals surface area contributed by atoms with E-state index in [1.165, 1.54) is 62.4 Å². The average molecular weight is 526 g/mol. The number of nitrogens with zero attached hydrogens (tertiary/aromatic N) is 3. The third-order valence-electron chi connectivity index (χ3n) is 9.16. The molecule has 2 aliphatic heterocycles. The number of hydrogen-bond acceptors (Lipinski definition) is 3. The van der Waals surface area contributed by atoms with Crippen molar-refractivity contribution in [2.75, 3.05) is 45.8 Å². The Labute approximate surface area is 226 Å². The third-order valence-corrected chi connectivity index (χ3v) is 9.52. The smallest absolute Gasteiger partial charge is 0.227 e. The molecule has 3 fully saturated rings. The van der Waals surface area contributed by atoms with Crippen molar-refractivity contribution in [3.8, 4) is 0 Å². The minimum Gasteiger partial charge on any atom is -0.341 e. The van der Waals surface area contributed by atoms with Gasteiger partial charge in [-0.2, -0.15) is 0 Å². The van der Waals surface area contributed by atoms with E-state index < -0.39 is 5.82 Å². The Hall–Kier alpha value is -1.95. The van der Waals surface area contributed by atoms with Crippen LogP contribution in [0.3, 0.4) is 0 Å². The number of carbonyl (C=O) groups is 1. The van der Waals surface area contributed by atoms with Crippen LogP contribution >= 0.6 is 11.6 Å². The van der Waals surface area contributed by atoms with Crippen molar-refractivity contribution in [2.45, 2.75) is 69.7 Å². The molecule has 2 saturated heterocycles. The first-order valence-electron chi connectivity index (χ1n) is 14.2. The van der Waals surface area contributed by atoms with Crippen LogP contribution in [-0.2, 0) is 16.6 Å². The highest BCUT2D eigenvalue weighted by atomic mass is 35.5. The topological polar surface area (TPSA) is 26.8 Å². The molecule has 2 aromatic rings. The van der Waals surface area contributed by atoms with Gasteiger partial charge in [0.25, 0.3) is 0 Å². The molecule has 5 rings (SSSR count). The van der Waals surface area contributed by atoms with E-state index in [0.29, 0.717) is 23.7 Å². The van der Waals surface area contributed by atoms with E-state index in [1.54, 1.807) is 12.1 Å². The Morgan fingerprint density at radius 2 is 1.73 bits per heavy atom. The summed E-state index contributed by atoms with van der Waals surface area (Å²) in [5.41, 5.74) is 2.80. The minimum atomic E-state index is -0.405. The summed E-state index contributed by atoms with van der Waals surface area (Å²) in [4.78, 5) is 20.6. The number of piperazine rings is 1. The molecule has 37 heavy (non-hydrogen) atoms. The number of aryl methyl sites for hydroxylation is 1. The van der Waals surface area contributed by atoms with E-state index in [2.05, 4.69) is 41.0 Å². The van der Waals surface area contributed by atoms with Crippen molar-refractivity contribution in [1.29, 1.82) is 0 Å². The SMILES string of the molecule is Cc1ccc([C@]2(CCN3CCN(C4CCCCC4)CC3)CCN(C(=O)Cc3c(F)cccc3Cl)C2)cc1. The van der Waals surface area contributed by atoms with E-state index in [0.717, 1.165) is 38.5 Å². The van der Waals surface area contributed by atoms with Crippen LogP contribution < -0.4 is 0 Å². The molecule has 4 nitrogen and oxygen atoms in total. The summed E-state index contributed by atoms with van der Waals surface area (Å²) in [6, 6.07) is 14.3. The number of benzene rings is 2. The highest BCUT2D eigenvalue weighted by Crippen LogP contribution is 2.39. The molecule has 0 aromatic heterocycles. The summed E-state index contributed by atoms with van der Waals surface area (Å²) in [5, 5.41) is 0.324. The molecule has 0 spiro atoms. The fraction of sp³-hybridized carbons (Fsp3) is 0.581. The van der Waals surface area contributed by atoms with Gasteiger partial charge in [0, 0.05) is 61.3 Å². The lowest BCUT2D eigenvalue weighted by Gasteiger charge is -2.41. The minimum absolute atomic E-state index is 0.0125. The molecule has 1 aliphatic carbocycles. The Morgan fingerprint density at radius 1 is 1.00 bits per heavy atom. The molecule has 0 unspecified atom stereocenters. The second-order valence-electron chi connectivity index (χ2n) is 11.5. The van der Waals surface area contributed by atoms with Crippen molar-refractivity contribution in [3.05, 3.63) is 70.0 Å². The van der Waals surface area contributed by atoms with Gasteiger partial charge < -0.3 is 9.80 Å². The lowest BCUT2D eigenvalue weighted by atomic mass is 9.76. The Bertz CT molecular complexity index is 1040. The Balaban J connectivity index is 1.24. The van der Waals surface area contributed by atoms with Crippen LogP contribution in [0.1, 0.15) is 61.6 Å². The molecule has 2 aromatic carbocycles. The predicted molar refractivity (Wildman–Crippen MR) is 149 cm³/mol. The molecular formula is C31H41ClFN3O. The first kappa shape index (κ1) is 26.6. The summed E-state index contributed by atoms with van der Waals surface area (Å²) in [7, 11) is 0. The highest BCUT2D eigenvalue weighted by Gasteiger charge is 2.41. The zero-order valence-corrected chi connectivity index (χ0v) is 23.0. The summed E-state index contributed by atoms with van der Waals surface area (Å²) in [6.45, 7) is 9.17. The molecule has 200 valence electrons. The monoisotopic (exact) mass is 525 g/mol. The van der Waals surface area contributed by atoms with Gasteiger partial charge in [0.15, 0.2) is 0 Å². The molecule has 0 N–H and O–H groups in total. The first-order chi connectivity index (χ1) is 17.9. The number of halogens is 2. The van der Waals surface area contributed by atoms with Crippen molar-refractivity contribution < 1.29 is 9.18 Å². The summed E-state index contributed by atoms with van der Waals surface area (Å²) in [6.07, 6.45) is 8.92. The van der Waals surface area contributed by atoms with Crippen LogP contribution in [0.15, 0.2) is 42.5 Å². The third kappa shape index (κ3) is 6.21. The van der Waals surface area contributed by atoms with Gasteiger partial charge >= 0.3 is 0 Å². The zero-order chi connectivity index (χ0) is 25.8. The van der Waals surface area contributed by atoms with Crippen LogP contribution in [0, 0.1) is 12.7 Å². The van der Waals surface area contributed by atoms with E-state index in [4.69, 9.17) is 11.6 Å². The largest absolute Gasteiger partial charge is 0.341 e. The van der Waals surface area contributed by atoms with Crippen LogP contribution in [0.2, 0.25) is 5.02 Å². The standard InChI is InChI=1S/C31H41ClFN3O/c1-24-10-12-25(13-11-24)31(14-16-34-18-20-35(21-19-34)26-6-3-2-4-7-26)15-17-36(23-31)30(37)22-27-28(32)8-5-9-29(27)33/h5,8-13,26H,2-4,6-7,14-23H2,1H3/t31-/m1/s1. The fourth-order valence-corrected chi connectivity index (χ4v) is 6.94. The van der Waals surface area contributed by atoms with Gasteiger partial charge in [-0.25, -0.2) is 4.39 Å². The van der Waals surface area contributed by atoms with Gasteiger partial charge in [-0.3, -0.25) is 9.69 Å². The average Bonchev–Trinajstić information content (AvgIpc) is 3.37.